The summed E-state index contributed by atoms with van der Waals surface area (Å²) < 4.78 is 0.981. The molecule has 1 aromatic carbocycles. The number of carbonyl (C=O) groups is 1. The van der Waals surface area contributed by atoms with E-state index in [9.17, 15) is 4.79 Å². The number of nitrogens with one attached hydrogen (secondary N) is 1. The van der Waals surface area contributed by atoms with Gasteiger partial charge >= 0.3 is 0 Å². The summed E-state index contributed by atoms with van der Waals surface area (Å²) in [6.45, 7) is 2.00. The fourth-order valence-electron chi connectivity index (χ4n) is 1.46. The van der Waals surface area contributed by atoms with E-state index in [2.05, 4.69) is 26.1 Å². The quantitative estimate of drug-likeness (QED) is 0.848. The molecule has 0 fully saturated rings. The summed E-state index contributed by atoms with van der Waals surface area (Å²) in [7, 11) is 0. The Bertz CT molecular complexity index is 505. The number of aromatic nitrogens is 2. The van der Waals surface area contributed by atoms with E-state index < -0.39 is 0 Å². The molecule has 1 N–H and O–H groups in total. The van der Waals surface area contributed by atoms with Gasteiger partial charge in [-0.25, -0.2) is 0 Å². The highest BCUT2D eigenvalue weighted by Gasteiger charge is 2.09. The van der Waals surface area contributed by atoms with Crippen molar-refractivity contribution in [2.24, 2.45) is 0 Å². The van der Waals surface area contributed by atoms with E-state index in [0.29, 0.717) is 5.56 Å². The Labute approximate surface area is 95.6 Å². The second-order valence-corrected chi connectivity index (χ2v) is 4.19. The molecule has 0 saturated carbocycles. The highest BCUT2D eigenvalue weighted by Crippen LogP contribution is 2.26. The number of aryl methyl sites for hydroxylation is 1. The molecule has 2 aromatic rings. The monoisotopic (exact) mass is 264 g/mol. The van der Waals surface area contributed by atoms with Gasteiger partial charge in [-0.1, -0.05) is 22.0 Å². The maximum absolute atomic E-state index is 10.8. The van der Waals surface area contributed by atoms with Crippen LogP contribution in [0, 0.1) is 6.92 Å². The standard InChI is InChI=1S/C11H9BrN2O/c1-7-2-3-9(12)4-10(7)11-8(6-15)5-13-14-11/h2-6H,1H3,(H,13,14). The molecule has 0 spiro atoms. The highest BCUT2D eigenvalue weighted by atomic mass is 79.9. The highest BCUT2D eigenvalue weighted by molar-refractivity contribution is 9.10. The molecule has 4 heteroatoms. The normalized spacial score (nSPS) is 10.3. The molecule has 0 saturated heterocycles. The zero-order valence-corrected chi connectivity index (χ0v) is 9.71. The Kier molecular flexibility index (Phi) is 2.68. The van der Waals surface area contributed by atoms with Crippen LogP contribution < -0.4 is 0 Å². The van der Waals surface area contributed by atoms with Gasteiger partial charge in [-0.3, -0.25) is 9.89 Å². The molecular formula is C11H9BrN2O. The fourth-order valence-corrected chi connectivity index (χ4v) is 1.83. The average Bonchev–Trinajstić information content (AvgIpc) is 2.69. The molecule has 0 aliphatic rings. The topological polar surface area (TPSA) is 45.8 Å². The van der Waals surface area contributed by atoms with Gasteiger partial charge in [-0.15, -0.1) is 0 Å². The summed E-state index contributed by atoms with van der Waals surface area (Å²) in [5, 5.41) is 6.71. The van der Waals surface area contributed by atoms with E-state index in [0.717, 1.165) is 27.6 Å². The van der Waals surface area contributed by atoms with Crippen LogP contribution in [0.5, 0.6) is 0 Å². The van der Waals surface area contributed by atoms with Crippen LogP contribution in [-0.2, 0) is 0 Å². The molecule has 0 unspecified atom stereocenters. The van der Waals surface area contributed by atoms with Crippen LogP contribution in [0.3, 0.4) is 0 Å². The van der Waals surface area contributed by atoms with Gasteiger partial charge in [0, 0.05) is 10.0 Å². The molecule has 0 radical (unpaired) electrons. The van der Waals surface area contributed by atoms with Crippen molar-refractivity contribution < 1.29 is 4.79 Å². The Hall–Kier alpha value is -1.42. The zero-order chi connectivity index (χ0) is 10.8. The Balaban J connectivity index is 2.62. The first kappa shape index (κ1) is 10.1. The minimum absolute atomic E-state index is 0.580. The smallest absolute Gasteiger partial charge is 0.153 e. The van der Waals surface area contributed by atoms with Gasteiger partial charge in [-0.05, 0) is 24.6 Å². The second-order valence-electron chi connectivity index (χ2n) is 3.28. The molecule has 0 bridgehead atoms. The first-order chi connectivity index (χ1) is 7.22. The van der Waals surface area contributed by atoms with Crippen molar-refractivity contribution in [2.75, 3.05) is 0 Å². The first-order valence-electron chi connectivity index (χ1n) is 4.47. The summed E-state index contributed by atoms with van der Waals surface area (Å²) in [5.74, 6) is 0. The number of hydrogen-bond acceptors (Lipinski definition) is 2. The van der Waals surface area contributed by atoms with Crippen LogP contribution >= 0.6 is 15.9 Å². The second kappa shape index (κ2) is 3.98. The van der Waals surface area contributed by atoms with Gasteiger partial charge < -0.3 is 0 Å². The van der Waals surface area contributed by atoms with E-state index in [4.69, 9.17) is 0 Å². The van der Waals surface area contributed by atoms with Crippen molar-refractivity contribution in [3.8, 4) is 11.3 Å². The summed E-state index contributed by atoms with van der Waals surface area (Å²) in [6.07, 6.45) is 2.34. The van der Waals surface area contributed by atoms with Gasteiger partial charge in [0.05, 0.1) is 17.5 Å². The summed E-state index contributed by atoms with van der Waals surface area (Å²) in [4.78, 5) is 10.8. The number of aromatic amines is 1. The lowest BCUT2D eigenvalue weighted by Gasteiger charge is -2.04. The van der Waals surface area contributed by atoms with Crippen LogP contribution in [-0.4, -0.2) is 16.5 Å². The molecule has 15 heavy (non-hydrogen) atoms. The van der Waals surface area contributed by atoms with E-state index in [1.165, 1.54) is 6.20 Å². The third kappa shape index (κ3) is 1.85. The van der Waals surface area contributed by atoms with Gasteiger partial charge in [0.15, 0.2) is 6.29 Å². The fraction of sp³-hybridized carbons (Fsp3) is 0.0909. The number of nitrogens with zero attached hydrogens (tertiary/aromatic N) is 1. The molecule has 2 rings (SSSR count). The molecule has 1 heterocycles. The van der Waals surface area contributed by atoms with Gasteiger partial charge in [0.1, 0.15) is 0 Å². The van der Waals surface area contributed by atoms with Crippen molar-refractivity contribution in [3.05, 3.63) is 40.0 Å². The van der Waals surface area contributed by atoms with E-state index in [1.807, 2.05) is 25.1 Å². The van der Waals surface area contributed by atoms with Gasteiger partial charge in [0.25, 0.3) is 0 Å². The molecular weight excluding hydrogens is 256 g/mol. The summed E-state index contributed by atoms with van der Waals surface area (Å²) >= 11 is 3.41. The summed E-state index contributed by atoms with van der Waals surface area (Å²) in [5.41, 5.74) is 3.44. The Morgan fingerprint density at radius 3 is 3.00 bits per heavy atom. The van der Waals surface area contributed by atoms with Gasteiger partial charge in [0.2, 0.25) is 0 Å². The van der Waals surface area contributed by atoms with Crippen molar-refractivity contribution in [2.45, 2.75) is 6.92 Å². The van der Waals surface area contributed by atoms with Crippen molar-refractivity contribution in [3.63, 3.8) is 0 Å². The molecule has 0 atom stereocenters. The number of benzene rings is 1. The van der Waals surface area contributed by atoms with Crippen molar-refractivity contribution in [1.29, 1.82) is 0 Å². The number of aldehydes is 1. The number of hydrogen-bond donors (Lipinski definition) is 1. The maximum Gasteiger partial charge on any atom is 0.153 e. The van der Waals surface area contributed by atoms with E-state index in [1.54, 1.807) is 0 Å². The minimum atomic E-state index is 0.580. The van der Waals surface area contributed by atoms with E-state index >= 15 is 0 Å². The molecule has 0 aliphatic carbocycles. The van der Waals surface area contributed by atoms with Crippen LogP contribution in [0.25, 0.3) is 11.3 Å². The number of H-pyrrole nitrogens is 1. The lowest BCUT2D eigenvalue weighted by Crippen LogP contribution is -1.88. The Morgan fingerprint density at radius 1 is 1.47 bits per heavy atom. The SMILES string of the molecule is Cc1ccc(Br)cc1-c1[nH]ncc1C=O. The number of rotatable bonds is 2. The summed E-state index contributed by atoms with van der Waals surface area (Å²) in [6, 6.07) is 5.93. The van der Waals surface area contributed by atoms with E-state index in [-0.39, 0.29) is 0 Å². The predicted octanol–water partition coefficient (Wildman–Crippen LogP) is 2.96. The van der Waals surface area contributed by atoms with Gasteiger partial charge in [-0.2, -0.15) is 5.10 Å². The molecule has 0 amide bonds. The minimum Gasteiger partial charge on any atom is -0.298 e. The Morgan fingerprint density at radius 2 is 2.27 bits per heavy atom. The third-order valence-electron chi connectivity index (χ3n) is 2.26. The zero-order valence-electron chi connectivity index (χ0n) is 8.12. The molecule has 1 aromatic heterocycles. The lowest BCUT2D eigenvalue weighted by molar-refractivity contribution is 0.112. The van der Waals surface area contributed by atoms with Crippen LogP contribution in [0.15, 0.2) is 28.9 Å². The largest absolute Gasteiger partial charge is 0.298 e. The number of halogens is 1. The van der Waals surface area contributed by atoms with Crippen LogP contribution in [0.4, 0.5) is 0 Å². The first-order valence-corrected chi connectivity index (χ1v) is 5.26. The molecule has 0 aliphatic heterocycles. The predicted molar refractivity (Wildman–Crippen MR) is 61.8 cm³/mol. The number of carbonyl (C=O) groups excluding carboxylic acids is 1. The lowest BCUT2D eigenvalue weighted by atomic mass is 10.0. The maximum atomic E-state index is 10.8. The third-order valence-corrected chi connectivity index (χ3v) is 2.76. The van der Waals surface area contributed by atoms with Crippen molar-refractivity contribution >= 4 is 22.2 Å². The van der Waals surface area contributed by atoms with Crippen LogP contribution in [0.1, 0.15) is 15.9 Å². The molecule has 76 valence electrons. The van der Waals surface area contributed by atoms with Crippen molar-refractivity contribution in [1.82, 2.24) is 10.2 Å². The molecule has 3 nitrogen and oxygen atoms in total. The average molecular weight is 265 g/mol. The van der Waals surface area contributed by atoms with Crippen LogP contribution in [0.2, 0.25) is 0 Å².